The van der Waals surface area contributed by atoms with Crippen LogP contribution in [0.4, 0.5) is 16.3 Å². The number of carbonyl (C=O) groups excluding carboxylic acids is 1. The quantitative estimate of drug-likeness (QED) is 0.786. The van der Waals surface area contributed by atoms with Crippen LogP contribution in [0.5, 0.6) is 0 Å². The number of carbonyl (C=O) groups is 1. The van der Waals surface area contributed by atoms with Gasteiger partial charge in [0.05, 0.1) is 5.69 Å². The number of nitrogens with zero attached hydrogens (tertiary/aromatic N) is 3. The first-order chi connectivity index (χ1) is 10.3. The van der Waals surface area contributed by atoms with Crippen molar-refractivity contribution < 1.29 is 14.5 Å². The molecule has 1 aliphatic rings. The third kappa shape index (κ3) is 3.93. The second kappa shape index (κ2) is 6.29. The maximum atomic E-state index is 12.1. The van der Waals surface area contributed by atoms with Gasteiger partial charge in [-0.05, 0) is 38.7 Å². The monoisotopic (exact) mass is 307 g/mol. The topological polar surface area (TPSA) is 76.3 Å². The summed E-state index contributed by atoms with van der Waals surface area (Å²) in [7, 11) is 0. The summed E-state index contributed by atoms with van der Waals surface area (Å²) >= 11 is 0. The van der Waals surface area contributed by atoms with Gasteiger partial charge in [-0.25, -0.2) is 9.78 Å². The fourth-order valence-corrected chi connectivity index (χ4v) is 2.48. The number of rotatable bonds is 2. The third-order valence-corrected chi connectivity index (χ3v) is 3.49. The van der Waals surface area contributed by atoms with Crippen molar-refractivity contribution >= 4 is 17.6 Å². The summed E-state index contributed by atoms with van der Waals surface area (Å²) in [6, 6.07) is 3.66. The molecule has 1 aliphatic heterocycles. The van der Waals surface area contributed by atoms with E-state index < -0.39 is 5.60 Å². The number of H-pyrrole nitrogens is 1. The largest absolute Gasteiger partial charge is 0.444 e. The number of anilines is 1. The van der Waals surface area contributed by atoms with Crippen LogP contribution in [0.3, 0.4) is 0 Å². The molecule has 0 saturated carbocycles. The van der Waals surface area contributed by atoms with Gasteiger partial charge in [0.15, 0.2) is 0 Å². The zero-order valence-corrected chi connectivity index (χ0v) is 13.5. The van der Waals surface area contributed by atoms with Gasteiger partial charge in [-0.1, -0.05) is 0 Å². The molecule has 0 unspecified atom stereocenters. The molecule has 1 atom stereocenters. The predicted molar refractivity (Wildman–Crippen MR) is 83.1 cm³/mol. The predicted octanol–water partition coefficient (Wildman–Crippen LogP) is 2.34. The summed E-state index contributed by atoms with van der Waals surface area (Å²) in [6.45, 7) is 9.56. The van der Waals surface area contributed by atoms with Crippen LogP contribution < -0.4 is 9.88 Å². The number of pyridine rings is 1. The summed E-state index contributed by atoms with van der Waals surface area (Å²) in [5, 5.41) is 2.85. The molecule has 1 aromatic heterocycles. The highest BCUT2D eigenvalue weighted by Gasteiger charge is 2.30. The van der Waals surface area contributed by atoms with Crippen molar-refractivity contribution in [2.75, 3.05) is 24.5 Å². The molecule has 0 aromatic carbocycles. The minimum Gasteiger partial charge on any atom is -0.444 e. The number of hydrogen-bond acceptors (Lipinski definition) is 5. The summed E-state index contributed by atoms with van der Waals surface area (Å²) in [5.41, 5.74) is 0.494. The average molecular weight is 307 g/mol. The van der Waals surface area contributed by atoms with Crippen molar-refractivity contribution in [2.24, 2.45) is 5.18 Å². The molecule has 2 rings (SSSR count). The molecule has 0 spiro atoms. The van der Waals surface area contributed by atoms with Crippen LogP contribution in [0, 0.1) is 4.91 Å². The SMILES string of the molecule is C[C@@H]1CN(C(=O)OC(C)(C)C)CCN1c1ccc(N=O)[nH+]c1. The Balaban J connectivity index is 2.00. The van der Waals surface area contributed by atoms with E-state index in [-0.39, 0.29) is 12.1 Å². The van der Waals surface area contributed by atoms with Gasteiger partial charge in [0.25, 0.3) is 0 Å². The molecular formula is C15H23N4O3+. The minimum atomic E-state index is -0.482. The second-order valence-electron chi connectivity index (χ2n) is 6.49. The lowest BCUT2D eigenvalue weighted by Gasteiger charge is -2.41. The molecule has 7 nitrogen and oxygen atoms in total. The van der Waals surface area contributed by atoms with Gasteiger partial charge in [-0.3, -0.25) is 0 Å². The van der Waals surface area contributed by atoms with E-state index in [1.54, 1.807) is 17.2 Å². The highest BCUT2D eigenvalue weighted by atomic mass is 16.6. The number of amides is 1. The summed E-state index contributed by atoms with van der Waals surface area (Å²) in [4.78, 5) is 29.3. The van der Waals surface area contributed by atoms with E-state index in [0.29, 0.717) is 25.5 Å². The molecular weight excluding hydrogens is 284 g/mol. The highest BCUT2D eigenvalue weighted by Crippen LogP contribution is 2.21. The van der Waals surface area contributed by atoms with Gasteiger partial charge in [0, 0.05) is 31.7 Å². The minimum absolute atomic E-state index is 0.157. The molecule has 0 radical (unpaired) electrons. The number of nitrogens with one attached hydrogen (secondary N) is 1. The van der Waals surface area contributed by atoms with Gasteiger partial charge < -0.3 is 14.5 Å². The van der Waals surface area contributed by atoms with Crippen LogP contribution >= 0.6 is 0 Å². The van der Waals surface area contributed by atoms with Crippen LogP contribution in [0.1, 0.15) is 27.7 Å². The Kier molecular flexibility index (Phi) is 4.63. The highest BCUT2D eigenvalue weighted by molar-refractivity contribution is 5.68. The zero-order chi connectivity index (χ0) is 16.3. The molecule has 1 amide bonds. The number of nitroso groups, excluding NO2 is 1. The lowest BCUT2D eigenvalue weighted by atomic mass is 10.1. The Labute approximate surface area is 130 Å². The fraction of sp³-hybridized carbons (Fsp3) is 0.600. The van der Waals surface area contributed by atoms with E-state index >= 15 is 0 Å². The number of piperazine rings is 1. The normalized spacial score (nSPS) is 19.0. The van der Waals surface area contributed by atoms with E-state index in [0.717, 1.165) is 5.69 Å². The number of ether oxygens (including phenoxy) is 1. The molecule has 1 fully saturated rings. The second-order valence-corrected chi connectivity index (χ2v) is 6.49. The van der Waals surface area contributed by atoms with Crippen molar-refractivity contribution in [1.29, 1.82) is 0 Å². The Bertz CT molecular complexity index is 539. The van der Waals surface area contributed by atoms with Crippen LogP contribution in [-0.2, 0) is 4.74 Å². The van der Waals surface area contributed by atoms with Gasteiger partial charge >= 0.3 is 11.9 Å². The Morgan fingerprint density at radius 3 is 2.59 bits per heavy atom. The standard InChI is InChI=1S/C15H22N4O3/c1-11-10-18(14(20)22-15(2,3)4)7-8-19(11)12-5-6-13(17-21)16-9-12/h5-6,9,11H,7-8,10H2,1-4H3/p+1/t11-/m1/s1. The zero-order valence-electron chi connectivity index (χ0n) is 13.5. The summed E-state index contributed by atoms with van der Waals surface area (Å²) in [6.07, 6.45) is 1.49. The molecule has 0 aliphatic carbocycles. The third-order valence-electron chi connectivity index (χ3n) is 3.49. The Hall–Kier alpha value is -2.18. The van der Waals surface area contributed by atoms with Gasteiger partial charge in [-0.15, -0.1) is 0 Å². The molecule has 1 aromatic rings. The molecule has 0 bridgehead atoms. The lowest BCUT2D eigenvalue weighted by Crippen LogP contribution is -2.54. The Morgan fingerprint density at radius 2 is 2.09 bits per heavy atom. The van der Waals surface area contributed by atoms with Crippen molar-refractivity contribution in [2.45, 2.75) is 39.3 Å². The first-order valence-corrected chi connectivity index (χ1v) is 7.40. The molecule has 2 heterocycles. The molecule has 22 heavy (non-hydrogen) atoms. The molecule has 120 valence electrons. The number of aromatic amines is 1. The lowest BCUT2D eigenvalue weighted by molar-refractivity contribution is -0.362. The van der Waals surface area contributed by atoms with Crippen molar-refractivity contribution in [3.05, 3.63) is 23.2 Å². The van der Waals surface area contributed by atoms with E-state index in [2.05, 4.69) is 22.0 Å². The Morgan fingerprint density at radius 1 is 1.36 bits per heavy atom. The molecule has 1 N–H and O–H groups in total. The smallest absolute Gasteiger partial charge is 0.410 e. The van der Waals surface area contributed by atoms with Gasteiger partial charge in [-0.2, -0.15) is 0 Å². The van der Waals surface area contributed by atoms with Crippen LogP contribution in [0.2, 0.25) is 0 Å². The van der Waals surface area contributed by atoms with Crippen LogP contribution in [-0.4, -0.2) is 42.3 Å². The maximum Gasteiger partial charge on any atom is 0.410 e. The average Bonchev–Trinajstić information content (AvgIpc) is 2.45. The van der Waals surface area contributed by atoms with E-state index in [9.17, 15) is 9.70 Å². The first-order valence-electron chi connectivity index (χ1n) is 7.40. The first kappa shape index (κ1) is 16.2. The van der Waals surface area contributed by atoms with Gasteiger partial charge in [0.1, 0.15) is 11.8 Å². The van der Waals surface area contributed by atoms with E-state index in [4.69, 9.17) is 4.74 Å². The molecule has 7 heteroatoms. The van der Waals surface area contributed by atoms with Crippen molar-refractivity contribution in [3.8, 4) is 0 Å². The fourth-order valence-electron chi connectivity index (χ4n) is 2.48. The number of hydrogen-bond donors (Lipinski definition) is 0. The maximum absolute atomic E-state index is 12.1. The number of aromatic nitrogens is 1. The van der Waals surface area contributed by atoms with E-state index in [1.165, 1.54) is 0 Å². The van der Waals surface area contributed by atoms with Crippen molar-refractivity contribution in [3.63, 3.8) is 0 Å². The summed E-state index contributed by atoms with van der Waals surface area (Å²) < 4.78 is 5.41. The van der Waals surface area contributed by atoms with Crippen LogP contribution in [0.15, 0.2) is 23.5 Å². The van der Waals surface area contributed by atoms with Crippen LogP contribution in [0.25, 0.3) is 0 Å². The van der Waals surface area contributed by atoms with E-state index in [1.807, 2.05) is 26.8 Å². The van der Waals surface area contributed by atoms with Gasteiger partial charge in [0.2, 0.25) is 5.18 Å². The van der Waals surface area contributed by atoms with Crippen molar-refractivity contribution in [1.82, 2.24) is 4.90 Å². The molecule has 1 saturated heterocycles. The summed E-state index contributed by atoms with van der Waals surface area (Å²) in [5.74, 6) is 0.295.